The molecule has 1 aromatic carbocycles. The molecule has 0 bridgehead atoms. The fraction of sp³-hybridized carbons (Fsp3) is 0.0833. The molecule has 92 valence electrons. The van der Waals surface area contributed by atoms with Crippen molar-refractivity contribution in [2.45, 2.75) is 17.0 Å². The van der Waals surface area contributed by atoms with E-state index in [1.807, 2.05) is 13.0 Å². The second-order valence-electron chi connectivity index (χ2n) is 3.53. The van der Waals surface area contributed by atoms with Crippen molar-refractivity contribution in [3.8, 4) is 0 Å². The molecule has 4 nitrogen and oxygen atoms in total. The van der Waals surface area contributed by atoms with Gasteiger partial charge in [0.25, 0.3) is 0 Å². The zero-order chi connectivity index (χ0) is 13.1. The quantitative estimate of drug-likeness (QED) is 0.874. The Morgan fingerprint density at radius 3 is 2.78 bits per heavy atom. The van der Waals surface area contributed by atoms with Crippen molar-refractivity contribution in [1.82, 2.24) is 9.97 Å². The van der Waals surface area contributed by atoms with E-state index in [2.05, 4.69) is 9.97 Å². The zero-order valence-electron chi connectivity index (χ0n) is 9.42. The Morgan fingerprint density at radius 1 is 1.39 bits per heavy atom. The van der Waals surface area contributed by atoms with Gasteiger partial charge in [-0.1, -0.05) is 11.6 Å². The summed E-state index contributed by atoms with van der Waals surface area (Å²) in [6.45, 7) is 1.88. The summed E-state index contributed by atoms with van der Waals surface area (Å²) >= 11 is 7.22. The number of carboxylic acid groups (broad SMARTS) is 1. The topological polar surface area (TPSA) is 63.1 Å². The number of hydrogen-bond donors (Lipinski definition) is 1. The summed E-state index contributed by atoms with van der Waals surface area (Å²) in [4.78, 5) is 20.0. The molecule has 0 radical (unpaired) electrons. The summed E-state index contributed by atoms with van der Waals surface area (Å²) < 4.78 is 0. The molecule has 0 saturated carbocycles. The lowest BCUT2D eigenvalue weighted by Crippen LogP contribution is -1.97. The van der Waals surface area contributed by atoms with Crippen molar-refractivity contribution < 1.29 is 9.90 Å². The maximum atomic E-state index is 10.8. The number of benzene rings is 1. The Labute approximate surface area is 113 Å². The summed E-state index contributed by atoms with van der Waals surface area (Å²) in [6.07, 6.45) is 1.68. The largest absolute Gasteiger partial charge is 0.478 e. The van der Waals surface area contributed by atoms with Crippen LogP contribution in [0.3, 0.4) is 0 Å². The molecule has 2 rings (SSSR count). The molecule has 0 aliphatic heterocycles. The molecule has 6 heteroatoms. The summed E-state index contributed by atoms with van der Waals surface area (Å²) in [6, 6.07) is 6.57. The van der Waals surface area contributed by atoms with Crippen LogP contribution < -0.4 is 0 Å². The first-order valence-corrected chi connectivity index (χ1v) is 6.26. The molecule has 18 heavy (non-hydrogen) atoms. The molecule has 1 heterocycles. The standard InChI is InChI=1S/C12H9ClN2O2S/c1-7-4-5-14-12(15-7)18-8-2-3-9(11(16)17)10(13)6-8/h2-6H,1H3,(H,16,17). The van der Waals surface area contributed by atoms with E-state index in [1.54, 1.807) is 18.3 Å². The van der Waals surface area contributed by atoms with Crippen molar-refractivity contribution in [3.05, 3.63) is 46.7 Å². The number of nitrogens with zero attached hydrogens (tertiary/aromatic N) is 2. The molecule has 0 amide bonds. The molecule has 0 aliphatic carbocycles. The first-order chi connectivity index (χ1) is 8.56. The Morgan fingerprint density at radius 2 is 2.17 bits per heavy atom. The van der Waals surface area contributed by atoms with Gasteiger partial charge in [-0.3, -0.25) is 0 Å². The van der Waals surface area contributed by atoms with Gasteiger partial charge < -0.3 is 5.11 Å². The molecule has 0 spiro atoms. The highest BCUT2D eigenvalue weighted by molar-refractivity contribution is 7.99. The predicted molar refractivity (Wildman–Crippen MR) is 69.3 cm³/mol. The maximum Gasteiger partial charge on any atom is 0.337 e. The Hall–Kier alpha value is -1.59. The number of rotatable bonds is 3. The highest BCUT2D eigenvalue weighted by atomic mass is 35.5. The molecule has 0 atom stereocenters. The van der Waals surface area contributed by atoms with Gasteiger partial charge in [0.2, 0.25) is 0 Å². The first-order valence-electron chi connectivity index (χ1n) is 5.06. The van der Waals surface area contributed by atoms with Crippen LogP contribution in [0.5, 0.6) is 0 Å². The second-order valence-corrected chi connectivity index (χ2v) is 4.98. The lowest BCUT2D eigenvalue weighted by Gasteiger charge is -2.03. The van der Waals surface area contributed by atoms with Crippen molar-refractivity contribution in [2.24, 2.45) is 0 Å². The van der Waals surface area contributed by atoms with Crippen LogP contribution in [0.4, 0.5) is 0 Å². The molecule has 1 N–H and O–H groups in total. The summed E-state index contributed by atoms with van der Waals surface area (Å²) in [5.41, 5.74) is 0.965. The van der Waals surface area contributed by atoms with E-state index in [0.717, 1.165) is 10.6 Å². The van der Waals surface area contributed by atoms with Gasteiger partial charge in [0, 0.05) is 16.8 Å². The van der Waals surface area contributed by atoms with Crippen molar-refractivity contribution in [3.63, 3.8) is 0 Å². The predicted octanol–water partition coefficient (Wildman–Crippen LogP) is 3.29. The maximum absolute atomic E-state index is 10.8. The highest BCUT2D eigenvalue weighted by Crippen LogP contribution is 2.28. The van der Waals surface area contributed by atoms with Gasteiger partial charge in [0.15, 0.2) is 5.16 Å². The zero-order valence-corrected chi connectivity index (χ0v) is 11.0. The number of carboxylic acids is 1. The number of aryl methyl sites for hydroxylation is 1. The minimum atomic E-state index is -1.04. The van der Waals surface area contributed by atoms with Crippen LogP contribution in [0.15, 0.2) is 40.5 Å². The van der Waals surface area contributed by atoms with Crippen LogP contribution >= 0.6 is 23.4 Å². The van der Waals surface area contributed by atoms with Gasteiger partial charge in [-0.15, -0.1) is 0 Å². The fourth-order valence-corrected chi connectivity index (χ4v) is 2.47. The lowest BCUT2D eigenvalue weighted by molar-refractivity contribution is 0.0697. The van der Waals surface area contributed by atoms with Crippen LogP contribution in [-0.4, -0.2) is 21.0 Å². The molecule has 0 unspecified atom stereocenters. The summed E-state index contributed by atoms with van der Waals surface area (Å²) in [5.74, 6) is -1.04. The summed E-state index contributed by atoms with van der Waals surface area (Å²) in [5, 5.41) is 9.68. The van der Waals surface area contributed by atoms with E-state index in [-0.39, 0.29) is 10.6 Å². The van der Waals surface area contributed by atoms with Crippen LogP contribution in [0.1, 0.15) is 16.1 Å². The molecule has 0 fully saturated rings. The number of aromatic nitrogens is 2. The van der Waals surface area contributed by atoms with Gasteiger partial charge in [0.1, 0.15) is 0 Å². The van der Waals surface area contributed by atoms with E-state index in [1.165, 1.54) is 17.8 Å². The van der Waals surface area contributed by atoms with Gasteiger partial charge in [-0.25, -0.2) is 14.8 Å². The Kier molecular flexibility index (Phi) is 3.84. The van der Waals surface area contributed by atoms with Crippen LogP contribution in [0.2, 0.25) is 5.02 Å². The van der Waals surface area contributed by atoms with E-state index in [4.69, 9.17) is 16.7 Å². The van der Waals surface area contributed by atoms with Gasteiger partial charge in [-0.2, -0.15) is 0 Å². The average Bonchev–Trinajstić information content (AvgIpc) is 2.28. The third kappa shape index (κ3) is 3.00. The minimum absolute atomic E-state index is 0.0891. The van der Waals surface area contributed by atoms with E-state index in [9.17, 15) is 4.79 Å². The smallest absolute Gasteiger partial charge is 0.337 e. The molecule has 0 aliphatic rings. The molecular weight excluding hydrogens is 272 g/mol. The highest BCUT2D eigenvalue weighted by Gasteiger charge is 2.10. The molecular formula is C12H9ClN2O2S. The number of halogens is 1. The minimum Gasteiger partial charge on any atom is -0.478 e. The van der Waals surface area contributed by atoms with Crippen LogP contribution in [-0.2, 0) is 0 Å². The van der Waals surface area contributed by atoms with Gasteiger partial charge >= 0.3 is 5.97 Å². The van der Waals surface area contributed by atoms with E-state index < -0.39 is 5.97 Å². The third-order valence-electron chi connectivity index (χ3n) is 2.15. The Bertz CT molecular complexity index is 604. The van der Waals surface area contributed by atoms with Gasteiger partial charge in [0.05, 0.1) is 10.6 Å². The number of hydrogen-bond acceptors (Lipinski definition) is 4. The SMILES string of the molecule is Cc1ccnc(Sc2ccc(C(=O)O)c(Cl)c2)n1. The summed E-state index contributed by atoms with van der Waals surface area (Å²) in [7, 11) is 0. The fourth-order valence-electron chi connectivity index (χ4n) is 1.31. The van der Waals surface area contributed by atoms with Crippen molar-refractivity contribution in [2.75, 3.05) is 0 Å². The van der Waals surface area contributed by atoms with Crippen molar-refractivity contribution >= 4 is 29.3 Å². The second kappa shape index (κ2) is 5.37. The van der Waals surface area contributed by atoms with Crippen LogP contribution in [0.25, 0.3) is 0 Å². The van der Waals surface area contributed by atoms with E-state index >= 15 is 0 Å². The first kappa shape index (κ1) is 12.9. The molecule has 0 saturated heterocycles. The average molecular weight is 281 g/mol. The van der Waals surface area contributed by atoms with Crippen LogP contribution in [0, 0.1) is 6.92 Å². The normalized spacial score (nSPS) is 10.3. The van der Waals surface area contributed by atoms with E-state index in [0.29, 0.717) is 5.16 Å². The molecule has 2 aromatic rings. The lowest BCUT2D eigenvalue weighted by atomic mass is 10.2. The monoisotopic (exact) mass is 280 g/mol. The number of carbonyl (C=O) groups is 1. The van der Waals surface area contributed by atoms with Crippen molar-refractivity contribution in [1.29, 1.82) is 0 Å². The van der Waals surface area contributed by atoms with Gasteiger partial charge in [-0.05, 0) is 43.0 Å². The third-order valence-corrected chi connectivity index (χ3v) is 3.33. The number of aromatic carboxylic acids is 1. The molecule has 1 aromatic heterocycles. The Balaban J connectivity index is 2.25.